The Morgan fingerprint density at radius 3 is 2.67 bits per heavy atom. The van der Waals surface area contributed by atoms with E-state index >= 15 is 0 Å². The van der Waals surface area contributed by atoms with Gasteiger partial charge < -0.3 is 0 Å². The fraction of sp³-hybridized carbons (Fsp3) is 0.143. The maximum absolute atomic E-state index is 10.8. The van der Waals surface area contributed by atoms with Crippen LogP contribution in [0.3, 0.4) is 0 Å². The van der Waals surface area contributed by atoms with Gasteiger partial charge in [-0.05, 0) is 11.4 Å². The zero-order valence-electron chi connectivity index (χ0n) is 6.17. The minimum Gasteiger partial charge on any atom is -0.285 e. The Bertz CT molecular complexity index is 350. The Kier molecular flexibility index (Phi) is 2.66. The summed E-state index contributed by atoms with van der Waals surface area (Å²) in [5, 5.41) is 0.759. The third kappa shape index (κ3) is 1.94. The Labute approximate surface area is 75.1 Å². The van der Waals surface area contributed by atoms with Crippen LogP contribution in [0.25, 0.3) is 0 Å². The number of hydrogen-bond acceptors (Lipinski definition) is 3. The minimum atomic E-state index is -4.05. The summed E-state index contributed by atoms with van der Waals surface area (Å²) in [6.45, 7) is 3.35. The second kappa shape index (κ2) is 3.38. The Hall–Kier alpha value is -0.650. The Balaban J connectivity index is 3.08. The number of hydrogen-bond donors (Lipinski definition) is 1. The van der Waals surface area contributed by atoms with Gasteiger partial charge in [0, 0.05) is 4.88 Å². The van der Waals surface area contributed by atoms with Crippen molar-refractivity contribution in [1.82, 2.24) is 0 Å². The molecule has 12 heavy (non-hydrogen) atoms. The molecule has 5 heteroatoms. The first kappa shape index (κ1) is 9.44. The van der Waals surface area contributed by atoms with Crippen molar-refractivity contribution >= 4 is 21.5 Å². The second-order valence-electron chi connectivity index (χ2n) is 2.19. The zero-order chi connectivity index (χ0) is 9.19. The van der Waals surface area contributed by atoms with Gasteiger partial charge in [-0.15, -0.1) is 17.9 Å². The normalized spacial score (nSPS) is 14.1. The molecule has 3 nitrogen and oxygen atoms in total. The average molecular weight is 204 g/mol. The molecule has 0 aliphatic heterocycles. The number of thiophene rings is 1. The molecule has 1 N–H and O–H groups in total. The summed E-state index contributed by atoms with van der Waals surface area (Å²) < 4.78 is 30.3. The van der Waals surface area contributed by atoms with Gasteiger partial charge in [-0.1, -0.05) is 12.1 Å². The lowest BCUT2D eigenvalue weighted by Gasteiger charge is -2.04. The summed E-state index contributed by atoms with van der Waals surface area (Å²) in [5.74, 6) is 0. The van der Waals surface area contributed by atoms with E-state index in [1.54, 1.807) is 17.5 Å². The van der Waals surface area contributed by atoms with Gasteiger partial charge in [0.25, 0.3) is 10.1 Å². The molecule has 0 spiro atoms. The third-order valence-corrected chi connectivity index (χ3v) is 3.55. The number of rotatable bonds is 3. The summed E-state index contributed by atoms with van der Waals surface area (Å²) in [6, 6.07) is 3.37. The van der Waals surface area contributed by atoms with E-state index in [4.69, 9.17) is 4.55 Å². The minimum absolute atomic E-state index is 0.576. The van der Waals surface area contributed by atoms with E-state index in [1.807, 2.05) is 0 Å². The molecule has 0 saturated heterocycles. The van der Waals surface area contributed by atoms with E-state index in [-0.39, 0.29) is 0 Å². The van der Waals surface area contributed by atoms with Crippen LogP contribution in [-0.4, -0.2) is 13.0 Å². The SMILES string of the molecule is C=C[C@H](c1cccs1)S(=O)(=O)O. The Morgan fingerprint density at radius 2 is 2.33 bits per heavy atom. The lowest BCUT2D eigenvalue weighted by Crippen LogP contribution is -2.07. The van der Waals surface area contributed by atoms with Crippen molar-refractivity contribution in [2.75, 3.05) is 0 Å². The van der Waals surface area contributed by atoms with Gasteiger partial charge >= 0.3 is 0 Å². The highest BCUT2D eigenvalue weighted by atomic mass is 32.2. The summed E-state index contributed by atoms with van der Waals surface area (Å²) >= 11 is 1.27. The maximum atomic E-state index is 10.8. The van der Waals surface area contributed by atoms with Crippen LogP contribution in [0.5, 0.6) is 0 Å². The lowest BCUT2D eigenvalue weighted by molar-refractivity contribution is 0.477. The van der Waals surface area contributed by atoms with Gasteiger partial charge in [-0.2, -0.15) is 8.42 Å². The standard InChI is InChI=1S/C7H8O3S2/c1-2-7(12(8,9)10)6-4-3-5-11-6/h2-5,7H,1H2,(H,8,9,10)/t7-/m1/s1. The first-order valence-corrected chi connectivity index (χ1v) is 5.56. The van der Waals surface area contributed by atoms with Gasteiger partial charge in [0.15, 0.2) is 0 Å². The third-order valence-electron chi connectivity index (χ3n) is 1.36. The first-order chi connectivity index (χ1) is 5.55. The molecular formula is C7H8O3S2. The molecule has 0 amide bonds. The molecule has 1 heterocycles. The molecule has 0 aromatic carbocycles. The predicted molar refractivity (Wildman–Crippen MR) is 48.8 cm³/mol. The van der Waals surface area contributed by atoms with Gasteiger partial charge in [-0.25, -0.2) is 0 Å². The van der Waals surface area contributed by atoms with Gasteiger partial charge in [0.2, 0.25) is 0 Å². The molecular weight excluding hydrogens is 196 g/mol. The van der Waals surface area contributed by atoms with Crippen molar-refractivity contribution in [3.05, 3.63) is 35.0 Å². The van der Waals surface area contributed by atoms with Crippen molar-refractivity contribution < 1.29 is 13.0 Å². The molecule has 0 unspecified atom stereocenters. The van der Waals surface area contributed by atoms with Crippen LogP contribution in [-0.2, 0) is 10.1 Å². The van der Waals surface area contributed by atoms with Gasteiger partial charge in [0.1, 0.15) is 5.25 Å². The largest absolute Gasteiger partial charge is 0.285 e. The molecule has 0 aliphatic rings. The van der Waals surface area contributed by atoms with Crippen LogP contribution in [0.1, 0.15) is 10.1 Å². The highest BCUT2D eigenvalue weighted by Gasteiger charge is 2.21. The molecule has 0 bridgehead atoms. The molecule has 0 fully saturated rings. The van der Waals surface area contributed by atoms with Crippen LogP contribution >= 0.6 is 11.3 Å². The Morgan fingerprint density at radius 1 is 1.67 bits per heavy atom. The van der Waals surface area contributed by atoms with Crippen molar-refractivity contribution in [3.8, 4) is 0 Å². The van der Waals surface area contributed by atoms with E-state index in [0.717, 1.165) is 0 Å². The van der Waals surface area contributed by atoms with Crippen LogP contribution in [0.15, 0.2) is 30.2 Å². The van der Waals surface area contributed by atoms with E-state index in [0.29, 0.717) is 4.88 Å². The van der Waals surface area contributed by atoms with E-state index < -0.39 is 15.4 Å². The average Bonchev–Trinajstić information content (AvgIpc) is 2.38. The highest BCUT2D eigenvalue weighted by molar-refractivity contribution is 7.86. The first-order valence-electron chi connectivity index (χ1n) is 3.18. The van der Waals surface area contributed by atoms with Crippen LogP contribution < -0.4 is 0 Å². The predicted octanol–water partition coefficient (Wildman–Crippen LogP) is 1.86. The van der Waals surface area contributed by atoms with Crippen molar-refractivity contribution in [1.29, 1.82) is 0 Å². The van der Waals surface area contributed by atoms with E-state index in [1.165, 1.54) is 17.4 Å². The maximum Gasteiger partial charge on any atom is 0.276 e. The summed E-state index contributed by atoms with van der Waals surface area (Å²) in [7, 11) is -4.05. The molecule has 1 rings (SSSR count). The molecule has 0 saturated carbocycles. The van der Waals surface area contributed by atoms with E-state index in [2.05, 4.69) is 6.58 Å². The highest BCUT2D eigenvalue weighted by Crippen LogP contribution is 2.26. The van der Waals surface area contributed by atoms with Crippen LogP contribution in [0.4, 0.5) is 0 Å². The van der Waals surface area contributed by atoms with Crippen molar-refractivity contribution in [3.63, 3.8) is 0 Å². The molecule has 66 valence electrons. The zero-order valence-corrected chi connectivity index (χ0v) is 7.81. The summed E-state index contributed by atoms with van der Waals surface area (Å²) in [4.78, 5) is 0.576. The van der Waals surface area contributed by atoms with Crippen LogP contribution in [0.2, 0.25) is 0 Å². The molecule has 0 aliphatic carbocycles. The quantitative estimate of drug-likeness (QED) is 0.604. The van der Waals surface area contributed by atoms with Crippen LogP contribution in [0, 0.1) is 0 Å². The molecule has 1 atom stereocenters. The molecule has 1 aromatic heterocycles. The summed E-state index contributed by atoms with van der Waals surface area (Å²) in [6.07, 6.45) is 1.21. The lowest BCUT2D eigenvalue weighted by atomic mass is 10.3. The second-order valence-corrected chi connectivity index (χ2v) is 4.70. The van der Waals surface area contributed by atoms with Crippen molar-refractivity contribution in [2.45, 2.75) is 5.25 Å². The van der Waals surface area contributed by atoms with Crippen molar-refractivity contribution in [2.24, 2.45) is 0 Å². The van der Waals surface area contributed by atoms with Gasteiger partial charge in [0.05, 0.1) is 0 Å². The van der Waals surface area contributed by atoms with E-state index in [9.17, 15) is 8.42 Å². The molecule has 0 radical (unpaired) electrons. The summed E-state index contributed by atoms with van der Waals surface area (Å²) in [5.41, 5.74) is 0. The topological polar surface area (TPSA) is 54.4 Å². The molecule has 1 aromatic rings. The monoisotopic (exact) mass is 204 g/mol. The fourth-order valence-corrected chi connectivity index (χ4v) is 2.69. The van der Waals surface area contributed by atoms with Gasteiger partial charge in [-0.3, -0.25) is 4.55 Å². The fourth-order valence-electron chi connectivity index (χ4n) is 0.838. The smallest absolute Gasteiger partial charge is 0.276 e.